The minimum atomic E-state index is -3.72. The lowest BCUT2D eigenvalue weighted by Gasteiger charge is -2.16. The van der Waals surface area contributed by atoms with Gasteiger partial charge < -0.3 is 10.1 Å². The van der Waals surface area contributed by atoms with Gasteiger partial charge in [0.15, 0.2) is 0 Å². The molecule has 1 fully saturated rings. The zero-order valence-corrected chi connectivity index (χ0v) is 15.3. The van der Waals surface area contributed by atoms with Crippen LogP contribution in [-0.4, -0.2) is 33.1 Å². The molecule has 136 valence electrons. The van der Waals surface area contributed by atoms with Crippen LogP contribution < -0.4 is 14.4 Å². The standard InChI is InChI=1S/C17H15ClN2O5S/c1-25-13-4-2-3-11(9-13)19-17(22)14-10-12(5-6-15(14)18)20-16(21)7-8-26(20,23)24/h2-6,9-10H,7-8H2,1H3,(H,19,22). The number of sulfonamides is 1. The molecule has 9 heteroatoms. The first-order valence-corrected chi connectivity index (χ1v) is 9.61. The molecule has 1 aliphatic rings. The first-order chi connectivity index (χ1) is 12.3. The Bertz CT molecular complexity index is 990. The van der Waals surface area contributed by atoms with Crippen LogP contribution in [0, 0.1) is 0 Å². The van der Waals surface area contributed by atoms with Crippen LogP contribution in [0.15, 0.2) is 42.5 Å². The smallest absolute Gasteiger partial charge is 0.257 e. The Labute approximate surface area is 155 Å². The summed E-state index contributed by atoms with van der Waals surface area (Å²) in [5, 5.41) is 2.80. The summed E-state index contributed by atoms with van der Waals surface area (Å²) in [5.41, 5.74) is 0.635. The van der Waals surface area contributed by atoms with Crippen molar-refractivity contribution >= 4 is 44.8 Å². The van der Waals surface area contributed by atoms with E-state index >= 15 is 0 Å². The lowest BCUT2D eigenvalue weighted by atomic mass is 10.1. The molecule has 0 radical (unpaired) electrons. The van der Waals surface area contributed by atoms with E-state index < -0.39 is 21.8 Å². The van der Waals surface area contributed by atoms with Crippen LogP contribution in [0.4, 0.5) is 11.4 Å². The highest BCUT2D eigenvalue weighted by molar-refractivity contribution is 7.94. The van der Waals surface area contributed by atoms with Crippen LogP contribution in [0.5, 0.6) is 5.75 Å². The molecule has 1 N–H and O–H groups in total. The maximum atomic E-state index is 12.6. The summed E-state index contributed by atoms with van der Waals surface area (Å²) in [6.07, 6.45) is -0.0870. The van der Waals surface area contributed by atoms with Crippen molar-refractivity contribution < 1.29 is 22.7 Å². The number of anilines is 2. The number of nitrogens with zero attached hydrogens (tertiary/aromatic N) is 1. The number of halogens is 1. The van der Waals surface area contributed by atoms with E-state index in [0.717, 1.165) is 0 Å². The molecule has 1 saturated heterocycles. The van der Waals surface area contributed by atoms with Crippen LogP contribution in [0.2, 0.25) is 5.02 Å². The third kappa shape index (κ3) is 3.51. The number of ether oxygens (including phenoxy) is 1. The summed E-state index contributed by atoms with van der Waals surface area (Å²) >= 11 is 6.09. The molecule has 3 rings (SSSR count). The van der Waals surface area contributed by atoms with E-state index in [1.54, 1.807) is 24.3 Å². The quantitative estimate of drug-likeness (QED) is 0.860. The predicted octanol–water partition coefficient (Wildman–Crippen LogP) is 2.67. The number of carbonyl (C=O) groups excluding carboxylic acids is 2. The van der Waals surface area contributed by atoms with Gasteiger partial charge in [-0.25, -0.2) is 12.7 Å². The van der Waals surface area contributed by atoms with Crippen LogP contribution >= 0.6 is 11.6 Å². The Morgan fingerprint density at radius 2 is 2.00 bits per heavy atom. The Kier molecular flexibility index (Phi) is 4.88. The van der Waals surface area contributed by atoms with Gasteiger partial charge in [0.1, 0.15) is 5.75 Å². The number of hydrogen-bond donors (Lipinski definition) is 1. The third-order valence-corrected chi connectivity index (χ3v) is 5.86. The topological polar surface area (TPSA) is 92.8 Å². The van der Waals surface area contributed by atoms with Gasteiger partial charge in [-0.05, 0) is 30.3 Å². The van der Waals surface area contributed by atoms with Crippen LogP contribution in [0.1, 0.15) is 16.8 Å². The lowest BCUT2D eigenvalue weighted by Crippen LogP contribution is -2.29. The number of rotatable bonds is 4. The molecule has 0 bridgehead atoms. The van der Waals surface area contributed by atoms with Gasteiger partial charge in [0.25, 0.3) is 5.91 Å². The number of amides is 2. The molecule has 0 saturated carbocycles. The van der Waals surface area contributed by atoms with Crippen molar-refractivity contribution in [3.8, 4) is 5.75 Å². The average molecular weight is 395 g/mol. The van der Waals surface area contributed by atoms with Crippen molar-refractivity contribution in [2.24, 2.45) is 0 Å². The van der Waals surface area contributed by atoms with Crippen LogP contribution in [0.25, 0.3) is 0 Å². The molecule has 7 nitrogen and oxygen atoms in total. The number of hydrogen-bond acceptors (Lipinski definition) is 5. The molecule has 1 heterocycles. The van der Waals surface area contributed by atoms with Gasteiger partial charge in [-0.15, -0.1) is 0 Å². The number of carbonyl (C=O) groups is 2. The summed E-state index contributed by atoms with van der Waals surface area (Å²) in [7, 11) is -2.21. The van der Waals surface area contributed by atoms with Crippen molar-refractivity contribution in [3.63, 3.8) is 0 Å². The zero-order chi connectivity index (χ0) is 18.9. The predicted molar refractivity (Wildman–Crippen MR) is 98.3 cm³/mol. The summed E-state index contributed by atoms with van der Waals surface area (Å²) in [6, 6.07) is 10.8. The van der Waals surface area contributed by atoms with E-state index in [4.69, 9.17) is 16.3 Å². The van der Waals surface area contributed by atoms with E-state index in [1.165, 1.54) is 25.3 Å². The lowest BCUT2D eigenvalue weighted by molar-refractivity contribution is -0.116. The SMILES string of the molecule is COc1cccc(NC(=O)c2cc(N3C(=O)CCS3(=O)=O)ccc2Cl)c1. The first-order valence-electron chi connectivity index (χ1n) is 7.62. The van der Waals surface area contributed by atoms with Gasteiger partial charge in [0.05, 0.1) is 29.1 Å². The summed E-state index contributed by atoms with van der Waals surface area (Å²) in [6.45, 7) is 0. The largest absolute Gasteiger partial charge is 0.497 e. The van der Waals surface area contributed by atoms with Crippen molar-refractivity contribution in [1.82, 2.24) is 0 Å². The number of nitrogens with one attached hydrogen (secondary N) is 1. The van der Waals surface area contributed by atoms with Crippen molar-refractivity contribution in [1.29, 1.82) is 0 Å². The summed E-state index contributed by atoms with van der Waals surface area (Å²) in [5.74, 6) is -0.753. The van der Waals surface area contributed by atoms with Gasteiger partial charge in [-0.2, -0.15) is 0 Å². The molecule has 2 amide bonds. The van der Waals surface area contributed by atoms with Gasteiger partial charge in [-0.1, -0.05) is 17.7 Å². The monoisotopic (exact) mass is 394 g/mol. The van der Waals surface area contributed by atoms with Crippen LogP contribution in [0.3, 0.4) is 0 Å². The second kappa shape index (κ2) is 6.97. The van der Waals surface area contributed by atoms with E-state index in [1.807, 2.05) is 0 Å². The Hall–Kier alpha value is -2.58. The molecular formula is C17H15ClN2O5S. The number of benzene rings is 2. The fourth-order valence-corrected chi connectivity index (χ4v) is 4.24. The molecule has 2 aromatic carbocycles. The minimum Gasteiger partial charge on any atom is -0.497 e. The van der Waals surface area contributed by atoms with Gasteiger partial charge in [0.2, 0.25) is 15.9 Å². The fourth-order valence-electron chi connectivity index (χ4n) is 2.58. The van der Waals surface area contributed by atoms with E-state index in [0.29, 0.717) is 15.7 Å². The van der Waals surface area contributed by atoms with Crippen molar-refractivity contribution in [2.75, 3.05) is 22.5 Å². The summed E-state index contributed by atoms with van der Waals surface area (Å²) in [4.78, 5) is 24.5. The molecule has 0 atom stereocenters. The fraction of sp³-hybridized carbons (Fsp3) is 0.176. The normalized spacial score (nSPS) is 15.8. The molecular weight excluding hydrogens is 380 g/mol. The van der Waals surface area contributed by atoms with Gasteiger partial charge >= 0.3 is 0 Å². The number of methoxy groups -OCH3 is 1. The van der Waals surface area contributed by atoms with E-state index in [9.17, 15) is 18.0 Å². The molecule has 0 aliphatic carbocycles. The Morgan fingerprint density at radius 3 is 2.65 bits per heavy atom. The third-order valence-electron chi connectivity index (χ3n) is 3.84. The van der Waals surface area contributed by atoms with Crippen molar-refractivity contribution in [3.05, 3.63) is 53.1 Å². The minimum absolute atomic E-state index is 0.0573. The zero-order valence-electron chi connectivity index (χ0n) is 13.7. The van der Waals surface area contributed by atoms with Gasteiger partial charge in [0, 0.05) is 18.2 Å². The Morgan fingerprint density at radius 1 is 1.23 bits per heavy atom. The van der Waals surface area contributed by atoms with Crippen molar-refractivity contribution in [2.45, 2.75) is 6.42 Å². The summed E-state index contributed by atoms with van der Waals surface area (Å²) < 4.78 is 29.9. The highest BCUT2D eigenvalue weighted by atomic mass is 35.5. The average Bonchev–Trinajstić information content (AvgIpc) is 2.88. The maximum Gasteiger partial charge on any atom is 0.257 e. The Balaban J connectivity index is 1.92. The molecule has 2 aromatic rings. The van der Waals surface area contributed by atoms with E-state index in [2.05, 4.69) is 5.32 Å². The van der Waals surface area contributed by atoms with Crippen LogP contribution in [-0.2, 0) is 14.8 Å². The first kappa shape index (κ1) is 18.2. The molecule has 0 unspecified atom stereocenters. The molecule has 1 aliphatic heterocycles. The van der Waals surface area contributed by atoms with Gasteiger partial charge in [-0.3, -0.25) is 9.59 Å². The highest BCUT2D eigenvalue weighted by Crippen LogP contribution is 2.29. The molecule has 0 aromatic heterocycles. The highest BCUT2D eigenvalue weighted by Gasteiger charge is 2.36. The second-order valence-electron chi connectivity index (χ2n) is 5.57. The second-order valence-corrected chi connectivity index (χ2v) is 7.92. The molecule has 0 spiro atoms. The molecule has 26 heavy (non-hydrogen) atoms. The van der Waals surface area contributed by atoms with E-state index in [-0.39, 0.29) is 28.4 Å². The maximum absolute atomic E-state index is 12.6.